The lowest BCUT2D eigenvalue weighted by atomic mass is 10.1. The molecule has 1 aromatic carbocycles. The van der Waals surface area contributed by atoms with E-state index < -0.39 is 21.7 Å². The number of imidazole rings is 1. The summed E-state index contributed by atoms with van der Waals surface area (Å²) in [5.41, 5.74) is 7.65. The second-order valence-electron chi connectivity index (χ2n) is 6.57. The first-order valence-electron chi connectivity index (χ1n) is 8.94. The van der Waals surface area contributed by atoms with Crippen LogP contribution in [-0.4, -0.2) is 51.5 Å². The molecule has 3 heterocycles. The molecular formula is C18H22F2N6O2S. The Labute approximate surface area is 168 Å². The van der Waals surface area contributed by atoms with Crippen LogP contribution in [0.2, 0.25) is 0 Å². The summed E-state index contributed by atoms with van der Waals surface area (Å²) >= 11 is 0. The van der Waals surface area contributed by atoms with Crippen LogP contribution in [0, 0.1) is 11.6 Å². The second kappa shape index (κ2) is 7.16. The molecule has 0 atom stereocenters. The highest BCUT2D eigenvalue weighted by Gasteiger charge is 2.24. The maximum atomic E-state index is 14.0. The number of rotatable bonds is 4. The first-order chi connectivity index (χ1) is 13.8. The molecule has 0 saturated carbocycles. The van der Waals surface area contributed by atoms with Gasteiger partial charge in [0.2, 0.25) is 10.0 Å². The standard InChI is InChI=1S/C18H18F2N6O2S.2H2/c1-2-29(27,28)26-7-5-10(6-8-26)13-9-22-17(21)16(23-13)18-24-12-4-3-11(19)14(20)15(12)25-18;;/h3-5,9H,2,6-8H2,1H3,(H2,21,22)(H,24,25);2*1H. The maximum absolute atomic E-state index is 14.0. The van der Waals surface area contributed by atoms with E-state index in [4.69, 9.17) is 5.73 Å². The Morgan fingerprint density at radius 2 is 2.10 bits per heavy atom. The number of sulfonamides is 1. The van der Waals surface area contributed by atoms with E-state index in [2.05, 4.69) is 19.9 Å². The molecule has 0 fully saturated rings. The molecule has 0 unspecified atom stereocenters. The van der Waals surface area contributed by atoms with E-state index in [9.17, 15) is 17.2 Å². The Hall–Kier alpha value is -2.92. The summed E-state index contributed by atoms with van der Waals surface area (Å²) in [7, 11) is -3.26. The highest BCUT2D eigenvalue weighted by atomic mass is 32.2. The van der Waals surface area contributed by atoms with Gasteiger partial charge in [-0.05, 0) is 31.1 Å². The van der Waals surface area contributed by atoms with Crippen LogP contribution in [0.15, 0.2) is 24.4 Å². The fourth-order valence-corrected chi connectivity index (χ4v) is 4.21. The van der Waals surface area contributed by atoms with E-state index >= 15 is 0 Å². The third-order valence-electron chi connectivity index (χ3n) is 4.83. The minimum absolute atomic E-state index is 0. The van der Waals surface area contributed by atoms with Gasteiger partial charge in [-0.2, -0.15) is 4.31 Å². The number of nitrogens with two attached hydrogens (primary N) is 1. The van der Waals surface area contributed by atoms with Gasteiger partial charge in [-0.3, -0.25) is 0 Å². The number of nitrogens with one attached hydrogen (secondary N) is 1. The van der Waals surface area contributed by atoms with Crippen LogP contribution in [-0.2, 0) is 10.0 Å². The van der Waals surface area contributed by atoms with Crippen molar-refractivity contribution >= 4 is 32.4 Å². The number of H-pyrrole nitrogens is 1. The van der Waals surface area contributed by atoms with Crippen molar-refractivity contribution in [3.63, 3.8) is 0 Å². The minimum Gasteiger partial charge on any atom is -0.382 e. The van der Waals surface area contributed by atoms with E-state index in [-0.39, 0.29) is 38.0 Å². The van der Waals surface area contributed by atoms with Gasteiger partial charge in [0.05, 0.1) is 23.2 Å². The van der Waals surface area contributed by atoms with E-state index in [1.165, 1.54) is 16.6 Å². The summed E-state index contributed by atoms with van der Waals surface area (Å²) in [5.74, 6) is -1.75. The van der Waals surface area contributed by atoms with Crippen LogP contribution in [0.1, 0.15) is 21.9 Å². The Kier molecular flexibility index (Phi) is 4.79. The van der Waals surface area contributed by atoms with Gasteiger partial charge < -0.3 is 10.7 Å². The maximum Gasteiger partial charge on any atom is 0.214 e. The molecule has 3 N–H and O–H groups in total. The number of hydrogen-bond acceptors (Lipinski definition) is 6. The molecule has 8 nitrogen and oxygen atoms in total. The fraction of sp³-hybridized carbons (Fsp3) is 0.278. The molecule has 0 saturated heterocycles. The predicted octanol–water partition coefficient (Wildman–Crippen LogP) is 2.81. The van der Waals surface area contributed by atoms with Crippen LogP contribution < -0.4 is 5.73 Å². The predicted molar refractivity (Wildman–Crippen MR) is 109 cm³/mol. The lowest BCUT2D eigenvalue weighted by molar-refractivity contribution is 0.442. The van der Waals surface area contributed by atoms with Gasteiger partial charge >= 0.3 is 0 Å². The number of nitrogen functional groups attached to an aromatic ring is 1. The van der Waals surface area contributed by atoms with Crippen molar-refractivity contribution < 1.29 is 20.1 Å². The molecule has 3 aromatic rings. The third kappa shape index (κ3) is 3.47. The van der Waals surface area contributed by atoms with Gasteiger partial charge in [0.1, 0.15) is 11.2 Å². The van der Waals surface area contributed by atoms with Crippen LogP contribution >= 0.6 is 0 Å². The number of halogens is 2. The number of hydrogen-bond donors (Lipinski definition) is 2. The Bertz CT molecular complexity index is 1250. The number of nitrogens with zero attached hydrogens (tertiary/aromatic N) is 4. The van der Waals surface area contributed by atoms with Gasteiger partial charge in [-0.1, -0.05) is 6.08 Å². The number of aromatic nitrogens is 4. The summed E-state index contributed by atoms with van der Waals surface area (Å²) < 4.78 is 52.8. The number of benzene rings is 1. The highest BCUT2D eigenvalue weighted by Crippen LogP contribution is 2.28. The topological polar surface area (TPSA) is 118 Å². The second-order valence-corrected chi connectivity index (χ2v) is 8.83. The van der Waals surface area contributed by atoms with Gasteiger partial charge in [0.15, 0.2) is 23.3 Å². The van der Waals surface area contributed by atoms with Crippen molar-refractivity contribution in [3.8, 4) is 11.5 Å². The van der Waals surface area contributed by atoms with Crippen molar-refractivity contribution in [3.05, 3.63) is 41.7 Å². The molecule has 1 aliphatic rings. The first kappa shape index (κ1) is 19.4. The molecule has 11 heteroatoms. The summed E-state index contributed by atoms with van der Waals surface area (Å²) in [6, 6.07) is 2.39. The van der Waals surface area contributed by atoms with Crippen LogP contribution in [0.5, 0.6) is 0 Å². The zero-order valence-corrected chi connectivity index (χ0v) is 16.3. The SMILES string of the molecule is CCS(=O)(=O)N1CC=C(c2cnc(N)c(-c3nc4c(F)c(F)ccc4[nH]3)n2)CC1.[HH].[HH]. The molecule has 29 heavy (non-hydrogen) atoms. The van der Waals surface area contributed by atoms with Gasteiger partial charge in [0.25, 0.3) is 0 Å². The third-order valence-corrected chi connectivity index (χ3v) is 6.68. The largest absolute Gasteiger partial charge is 0.382 e. The van der Waals surface area contributed by atoms with E-state index in [0.717, 1.165) is 11.6 Å². The molecule has 4 rings (SSSR count). The fourth-order valence-electron chi connectivity index (χ4n) is 3.18. The quantitative estimate of drug-likeness (QED) is 0.665. The zero-order valence-electron chi connectivity index (χ0n) is 15.5. The van der Waals surface area contributed by atoms with E-state index in [1.54, 1.807) is 13.0 Å². The molecule has 0 bridgehead atoms. The average molecular weight is 424 g/mol. The van der Waals surface area contributed by atoms with E-state index in [0.29, 0.717) is 24.2 Å². The lowest BCUT2D eigenvalue weighted by Gasteiger charge is -2.25. The van der Waals surface area contributed by atoms with E-state index in [1.807, 2.05) is 0 Å². The molecule has 156 valence electrons. The van der Waals surface area contributed by atoms with Crippen molar-refractivity contribution in [2.75, 3.05) is 24.6 Å². The summed E-state index contributed by atoms with van der Waals surface area (Å²) in [5, 5.41) is 0. The highest BCUT2D eigenvalue weighted by molar-refractivity contribution is 7.89. The van der Waals surface area contributed by atoms with Gasteiger partial charge in [0, 0.05) is 15.9 Å². The van der Waals surface area contributed by atoms with Gasteiger partial charge in [-0.25, -0.2) is 32.2 Å². The minimum atomic E-state index is -3.26. The molecule has 0 aliphatic carbocycles. The van der Waals surface area contributed by atoms with Crippen LogP contribution in [0.25, 0.3) is 28.1 Å². The molecule has 2 aromatic heterocycles. The zero-order chi connectivity index (χ0) is 20.8. The summed E-state index contributed by atoms with van der Waals surface area (Å²) in [6.45, 7) is 2.20. The number of fused-ring (bicyclic) bond motifs is 1. The Morgan fingerprint density at radius 3 is 2.79 bits per heavy atom. The summed E-state index contributed by atoms with van der Waals surface area (Å²) in [6.07, 6.45) is 3.75. The Balaban J connectivity index is 0.00000171. The van der Waals surface area contributed by atoms with Crippen molar-refractivity contribution in [1.29, 1.82) is 0 Å². The molecule has 0 spiro atoms. The molecular weight excluding hydrogens is 402 g/mol. The molecule has 1 aliphatic heterocycles. The van der Waals surface area contributed by atoms with Crippen molar-refractivity contribution in [2.24, 2.45) is 0 Å². The number of anilines is 1. The Morgan fingerprint density at radius 1 is 1.31 bits per heavy atom. The first-order valence-corrected chi connectivity index (χ1v) is 10.5. The van der Waals surface area contributed by atoms with Crippen molar-refractivity contribution in [1.82, 2.24) is 24.2 Å². The van der Waals surface area contributed by atoms with Crippen molar-refractivity contribution in [2.45, 2.75) is 13.3 Å². The molecule has 0 amide bonds. The van der Waals surface area contributed by atoms with Crippen LogP contribution in [0.3, 0.4) is 0 Å². The van der Waals surface area contributed by atoms with Gasteiger partial charge in [-0.15, -0.1) is 0 Å². The monoisotopic (exact) mass is 424 g/mol. The normalized spacial score (nSPS) is 15.6. The summed E-state index contributed by atoms with van der Waals surface area (Å²) in [4.78, 5) is 15.6. The molecule has 0 radical (unpaired) electrons. The smallest absolute Gasteiger partial charge is 0.214 e. The number of aromatic amines is 1. The lowest BCUT2D eigenvalue weighted by Crippen LogP contribution is -2.35. The van der Waals surface area contributed by atoms with Crippen LogP contribution in [0.4, 0.5) is 14.6 Å². The average Bonchev–Trinajstić information content (AvgIpc) is 3.16.